The summed E-state index contributed by atoms with van der Waals surface area (Å²) in [7, 11) is 3.22. The maximum absolute atomic E-state index is 13.2. The first-order chi connectivity index (χ1) is 12.7. The van der Waals surface area contributed by atoms with Crippen molar-refractivity contribution in [2.75, 3.05) is 32.6 Å². The SMILES string of the molecule is COc1ccc(N[C@@H](C(=O)N2CCCCC2)c2ccccc2)cc1OC. The number of benzene rings is 2. The standard InChI is InChI=1S/C21H26N2O3/c1-25-18-12-11-17(15-19(18)26-2)22-20(16-9-5-3-6-10-16)21(24)23-13-7-4-8-14-23/h3,5-6,9-12,15,20,22H,4,7-8,13-14H2,1-2H3/t20-/m1/s1. The molecule has 0 bridgehead atoms. The van der Waals surface area contributed by atoms with Gasteiger partial charge in [-0.25, -0.2) is 0 Å². The number of anilines is 1. The Labute approximate surface area is 154 Å². The van der Waals surface area contributed by atoms with Crippen molar-refractivity contribution in [2.45, 2.75) is 25.3 Å². The lowest BCUT2D eigenvalue weighted by Gasteiger charge is -2.31. The van der Waals surface area contributed by atoms with Crippen LogP contribution in [0, 0.1) is 0 Å². The van der Waals surface area contributed by atoms with Gasteiger partial charge in [-0.1, -0.05) is 30.3 Å². The van der Waals surface area contributed by atoms with Crippen molar-refractivity contribution in [3.05, 3.63) is 54.1 Å². The van der Waals surface area contributed by atoms with Gasteiger partial charge in [0.15, 0.2) is 11.5 Å². The molecule has 5 heteroatoms. The number of likely N-dealkylation sites (tertiary alicyclic amines) is 1. The second kappa shape index (κ2) is 8.61. The summed E-state index contributed by atoms with van der Waals surface area (Å²) in [4.78, 5) is 15.2. The fourth-order valence-corrected chi connectivity index (χ4v) is 3.32. The average molecular weight is 354 g/mol. The lowest BCUT2D eigenvalue weighted by molar-refractivity contribution is -0.133. The van der Waals surface area contributed by atoms with Crippen LogP contribution in [-0.4, -0.2) is 38.1 Å². The Bertz CT molecular complexity index is 727. The van der Waals surface area contributed by atoms with Crippen LogP contribution in [0.2, 0.25) is 0 Å². The Balaban J connectivity index is 1.87. The minimum Gasteiger partial charge on any atom is -0.493 e. The van der Waals surface area contributed by atoms with E-state index in [1.807, 2.05) is 53.4 Å². The number of nitrogens with zero attached hydrogens (tertiary/aromatic N) is 1. The van der Waals surface area contributed by atoms with E-state index in [9.17, 15) is 4.79 Å². The van der Waals surface area contributed by atoms with Crippen molar-refractivity contribution in [1.82, 2.24) is 4.90 Å². The number of rotatable bonds is 6. The molecule has 1 heterocycles. The van der Waals surface area contributed by atoms with Crippen LogP contribution in [0.4, 0.5) is 5.69 Å². The highest BCUT2D eigenvalue weighted by atomic mass is 16.5. The lowest BCUT2D eigenvalue weighted by atomic mass is 10.0. The van der Waals surface area contributed by atoms with Crippen LogP contribution in [0.25, 0.3) is 0 Å². The Hall–Kier alpha value is -2.69. The molecule has 0 aliphatic carbocycles. The van der Waals surface area contributed by atoms with E-state index in [4.69, 9.17) is 9.47 Å². The van der Waals surface area contributed by atoms with Crippen molar-refractivity contribution in [3.8, 4) is 11.5 Å². The van der Waals surface area contributed by atoms with Gasteiger partial charge in [0.25, 0.3) is 0 Å². The van der Waals surface area contributed by atoms with Gasteiger partial charge < -0.3 is 19.7 Å². The van der Waals surface area contributed by atoms with E-state index < -0.39 is 6.04 Å². The number of ether oxygens (including phenoxy) is 2. The van der Waals surface area contributed by atoms with Crippen LogP contribution < -0.4 is 14.8 Å². The van der Waals surface area contributed by atoms with Crippen LogP contribution in [0.3, 0.4) is 0 Å². The summed E-state index contributed by atoms with van der Waals surface area (Å²) in [6.45, 7) is 1.66. The van der Waals surface area contributed by atoms with Crippen molar-refractivity contribution in [1.29, 1.82) is 0 Å². The van der Waals surface area contributed by atoms with E-state index in [0.29, 0.717) is 11.5 Å². The zero-order chi connectivity index (χ0) is 18.4. The highest BCUT2D eigenvalue weighted by molar-refractivity contribution is 5.86. The zero-order valence-corrected chi connectivity index (χ0v) is 15.4. The van der Waals surface area contributed by atoms with Gasteiger partial charge in [0, 0.05) is 24.8 Å². The topological polar surface area (TPSA) is 50.8 Å². The van der Waals surface area contributed by atoms with E-state index in [2.05, 4.69) is 5.32 Å². The first kappa shape index (κ1) is 18.1. The molecule has 5 nitrogen and oxygen atoms in total. The molecule has 1 N–H and O–H groups in total. The quantitative estimate of drug-likeness (QED) is 0.856. The second-order valence-corrected chi connectivity index (χ2v) is 6.44. The fourth-order valence-electron chi connectivity index (χ4n) is 3.32. The molecule has 1 aliphatic rings. The summed E-state index contributed by atoms with van der Waals surface area (Å²) in [6.07, 6.45) is 3.34. The third-order valence-corrected chi connectivity index (χ3v) is 4.74. The summed E-state index contributed by atoms with van der Waals surface area (Å²) in [5.41, 5.74) is 1.78. The summed E-state index contributed by atoms with van der Waals surface area (Å²) in [6, 6.07) is 15.0. The van der Waals surface area contributed by atoms with Gasteiger partial charge >= 0.3 is 0 Å². The number of hydrogen-bond acceptors (Lipinski definition) is 4. The Morgan fingerprint density at radius 2 is 1.65 bits per heavy atom. The first-order valence-corrected chi connectivity index (χ1v) is 9.05. The molecule has 0 unspecified atom stereocenters. The first-order valence-electron chi connectivity index (χ1n) is 9.05. The molecule has 0 spiro atoms. The molecule has 0 saturated carbocycles. The van der Waals surface area contributed by atoms with Crippen LogP contribution in [-0.2, 0) is 4.79 Å². The highest BCUT2D eigenvalue weighted by Crippen LogP contribution is 2.32. The third-order valence-electron chi connectivity index (χ3n) is 4.74. The summed E-state index contributed by atoms with van der Waals surface area (Å²) < 4.78 is 10.7. The monoisotopic (exact) mass is 354 g/mol. The minimum absolute atomic E-state index is 0.116. The van der Waals surface area contributed by atoms with Gasteiger partial charge in [0.05, 0.1) is 14.2 Å². The molecule has 1 fully saturated rings. The van der Waals surface area contributed by atoms with E-state index in [1.165, 1.54) is 6.42 Å². The molecule has 2 aromatic carbocycles. The van der Waals surface area contributed by atoms with Crippen LogP contribution >= 0.6 is 0 Å². The molecule has 26 heavy (non-hydrogen) atoms. The van der Waals surface area contributed by atoms with Crippen molar-refractivity contribution >= 4 is 11.6 Å². The van der Waals surface area contributed by atoms with Crippen molar-refractivity contribution in [2.24, 2.45) is 0 Å². The molecular weight excluding hydrogens is 328 g/mol. The zero-order valence-electron chi connectivity index (χ0n) is 15.4. The van der Waals surface area contributed by atoms with Gasteiger partial charge in [0.1, 0.15) is 6.04 Å². The number of amides is 1. The number of carbonyl (C=O) groups is 1. The number of methoxy groups -OCH3 is 2. The molecule has 0 aromatic heterocycles. The average Bonchev–Trinajstić information content (AvgIpc) is 2.72. The Kier molecular flexibility index (Phi) is 6.00. The number of piperidine rings is 1. The maximum Gasteiger partial charge on any atom is 0.249 e. The smallest absolute Gasteiger partial charge is 0.249 e. The van der Waals surface area contributed by atoms with Gasteiger partial charge in [-0.2, -0.15) is 0 Å². The van der Waals surface area contributed by atoms with E-state index in [-0.39, 0.29) is 5.91 Å². The molecule has 138 valence electrons. The van der Waals surface area contributed by atoms with Crippen molar-refractivity contribution < 1.29 is 14.3 Å². The Morgan fingerprint density at radius 1 is 0.962 bits per heavy atom. The molecule has 0 radical (unpaired) electrons. The molecule has 3 rings (SSSR count). The number of hydrogen-bond donors (Lipinski definition) is 1. The number of carbonyl (C=O) groups excluding carboxylic acids is 1. The molecule has 1 aliphatic heterocycles. The van der Waals surface area contributed by atoms with Crippen molar-refractivity contribution in [3.63, 3.8) is 0 Å². The van der Waals surface area contributed by atoms with Gasteiger partial charge in [0.2, 0.25) is 5.91 Å². The van der Waals surface area contributed by atoms with E-state index >= 15 is 0 Å². The van der Waals surface area contributed by atoms with Gasteiger partial charge in [-0.05, 0) is 37.0 Å². The lowest BCUT2D eigenvalue weighted by Crippen LogP contribution is -2.41. The summed E-state index contributed by atoms with van der Waals surface area (Å²) in [5, 5.41) is 3.39. The fraction of sp³-hybridized carbons (Fsp3) is 0.381. The largest absolute Gasteiger partial charge is 0.493 e. The highest BCUT2D eigenvalue weighted by Gasteiger charge is 2.27. The summed E-state index contributed by atoms with van der Waals surface area (Å²) in [5.74, 6) is 1.41. The van der Waals surface area contributed by atoms with Gasteiger partial charge in [-0.15, -0.1) is 0 Å². The summed E-state index contributed by atoms with van der Waals surface area (Å²) >= 11 is 0. The molecule has 1 saturated heterocycles. The molecular formula is C21H26N2O3. The second-order valence-electron chi connectivity index (χ2n) is 6.44. The maximum atomic E-state index is 13.2. The predicted molar refractivity (Wildman–Crippen MR) is 103 cm³/mol. The van der Waals surface area contributed by atoms with Crippen LogP contribution in [0.15, 0.2) is 48.5 Å². The molecule has 1 atom stereocenters. The van der Waals surface area contributed by atoms with E-state index in [1.54, 1.807) is 14.2 Å². The molecule has 1 amide bonds. The third kappa shape index (κ3) is 4.10. The van der Waals surface area contributed by atoms with Crippen LogP contribution in [0.5, 0.6) is 11.5 Å². The minimum atomic E-state index is -0.424. The van der Waals surface area contributed by atoms with E-state index in [0.717, 1.165) is 37.2 Å². The predicted octanol–water partition coefficient (Wildman–Crippen LogP) is 3.87. The number of nitrogens with one attached hydrogen (secondary N) is 1. The van der Waals surface area contributed by atoms with Crippen LogP contribution in [0.1, 0.15) is 30.9 Å². The Morgan fingerprint density at radius 3 is 2.31 bits per heavy atom. The van der Waals surface area contributed by atoms with Gasteiger partial charge in [-0.3, -0.25) is 4.79 Å². The normalized spacial score (nSPS) is 15.2. The molecule has 2 aromatic rings.